The van der Waals surface area contributed by atoms with Gasteiger partial charge in [-0.1, -0.05) is 11.8 Å². The lowest BCUT2D eigenvalue weighted by Crippen LogP contribution is -2.30. The van der Waals surface area contributed by atoms with Crippen LogP contribution in [0.25, 0.3) is 0 Å². The van der Waals surface area contributed by atoms with Gasteiger partial charge in [-0.25, -0.2) is 0 Å². The van der Waals surface area contributed by atoms with Crippen LogP contribution in [0.1, 0.15) is 0 Å². The van der Waals surface area contributed by atoms with Crippen molar-refractivity contribution in [3.8, 4) is 0 Å². The van der Waals surface area contributed by atoms with Gasteiger partial charge < -0.3 is 0 Å². The van der Waals surface area contributed by atoms with Crippen LogP contribution in [-0.2, 0) is 0 Å². The summed E-state index contributed by atoms with van der Waals surface area (Å²) in [5.41, 5.74) is 0. The summed E-state index contributed by atoms with van der Waals surface area (Å²) in [6.07, 6.45) is 2.01. The minimum Gasteiger partial charge on any atom is -0.261 e. The summed E-state index contributed by atoms with van der Waals surface area (Å²) in [6.45, 7) is 6.80. The van der Waals surface area contributed by atoms with Crippen LogP contribution in [0, 0.1) is 0 Å². The predicted molar refractivity (Wildman–Crippen MR) is 53.1 cm³/mol. The normalized spacial score (nSPS) is 12.7. The minimum absolute atomic E-state index is 0.911. The molecule has 0 spiro atoms. The van der Waals surface area contributed by atoms with Gasteiger partial charge in [0.15, 0.2) is 8.24 Å². The Morgan fingerprint density at radius 3 is 2.36 bits per heavy atom. The van der Waals surface area contributed by atoms with E-state index in [4.69, 9.17) is 0 Å². The smallest absolute Gasteiger partial charge is 0.211 e. The molecule has 3 nitrogen and oxygen atoms in total. The third-order valence-electron chi connectivity index (χ3n) is 1.18. The van der Waals surface area contributed by atoms with Crippen LogP contribution in [-0.4, -0.2) is 28.4 Å². The molecule has 6 heteroatoms. The van der Waals surface area contributed by atoms with Gasteiger partial charge in [0.2, 0.25) is 5.16 Å². The summed E-state index contributed by atoms with van der Waals surface area (Å²) in [5, 5.41) is 5.28. The molecule has 0 unspecified atom stereocenters. The van der Waals surface area contributed by atoms with Gasteiger partial charge in [-0.05, 0) is 25.9 Å². The summed E-state index contributed by atoms with van der Waals surface area (Å²) in [7, 11) is -0.250. The lowest BCUT2D eigenvalue weighted by Gasteiger charge is -2.13. The predicted octanol–water partition coefficient (Wildman–Crippen LogP) is 2.26. The number of nitrogens with zero attached hydrogens (tertiary/aromatic N) is 3. The second kappa shape index (κ2) is 3.25. The van der Waals surface area contributed by atoms with Gasteiger partial charge in [-0.15, -0.1) is 5.10 Å². The molecule has 0 atom stereocenters. The molecule has 0 aliphatic heterocycles. The van der Waals surface area contributed by atoms with E-state index in [1.54, 1.807) is 11.8 Å². The number of aromatic nitrogens is 3. The molecule has 0 fully saturated rings. The molecule has 0 aliphatic rings. The van der Waals surface area contributed by atoms with E-state index in [2.05, 4.69) is 33.6 Å². The fourth-order valence-electron chi connectivity index (χ4n) is 0.567. The average molecular weight is 205 g/mol. The molecule has 0 aliphatic carbocycles. The zero-order chi connectivity index (χ0) is 8.48. The summed E-state index contributed by atoms with van der Waals surface area (Å²) in [4.78, 5) is 0. The molecule has 62 valence electrons. The highest BCUT2D eigenvalue weighted by Crippen LogP contribution is 2.16. The van der Waals surface area contributed by atoms with E-state index in [1.807, 2.05) is 6.26 Å². The zero-order valence-corrected chi connectivity index (χ0v) is 9.91. The quantitative estimate of drug-likeness (QED) is 0.548. The van der Waals surface area contributed by atoms with Gasteiger partial charge in [-0.3, -0.25) is 4.11 Å². The summed E-state index contributed by atoms with van der Waals surface area (Å²) < 4.78 is 6.36. The fourth-order valence-corrected chi connectivity index (χ4v) is 3.23. The average Bonchev–Trinajstić information content (AvgIpc) is 2.32. The maximum absolute atomic E-state index is 4.37. The van der Waals surface area contributed by atoms with E-state index < -0.39 is 8.24 Å². The molecule has 0 radical (unpaired) electrons. The van der Waals surface area contributed by atoms with Gasteiger partial charge in [0.25, 0.3) is 0 Å². The maximum Gasteiger partial charge on any atom is 0.211 e. The van der Waals surface area contributed by atoms with Crippen molar-refractivity contribution in [2.24, 2.45) is 0 Å². The van der Waals surface area contributed by atoms with Crippen LogP contribution in [0.3, 0.4) is 0 Å². The fraction of sp³-hybridized carbons (Fsp3) is 0.800. The molecule has 0 saturated heterocycles. The summed E-state index contributed by atoms with van der Waals surface area (Å²) in [6, 6.07) is 0. The first-order chi connectivity index (χ1) is 5.04. The van der Waals surface area contributed by atoms with Crippen LogP contribution in [0.15, 0.2) is 5.16 Å². The Bertz CT molecular complexity index is 244. The monoisotopic (exact) mass is 205 g/mol. The van der Waals surface area contributed by atoms with Crippen LogP contribution in [0.5, 0.6) is 0 Å². The second-order valence-corrected chi connectivity index (χ2v) is 9.91. The highest BCUT2D eigenvalue weighted by atomic mass is 32.2. The Hall–Kier alpha value is 0.137. The molecule has 0 aromatic carbocycles. The lowest BCUT2D eigenvalue weighted by molar-refractivity contribution is 0.901. The molecule has 1 rings (SSSR count). The number of hydrogen-bond acceptors (Lipinski definition) is 3. The van der Waals surface area contributed by atoms with Crippen LogP contribution >= 0.6 is 20.3 Å². The molecule has 11 heavy (non-hydrogen) atoms. The summed E-state index contributed by atoms with van der Waals surface area (Å²) >= 11 is 1.61. The zero-order valence-electron chi connectivity index (χ0n) is 7.20. The Balaban J connectivity index is 2.89. The molecule has 0 bridgehead atoms. The first-order valence-electron chi connectivity index (χ1n) is 3.38. The SMILES string of the molecule is CSc1npn([Si](C)(C)C)n1. The molecule has 0 N–H and O–H groups in total. The van der Waals surface area contributed by atoms with Crippen molar-refractivity contribution in [1.82, 2.24) is 14.0 Å². The topological polar surface area (TPSA) is 30.7 Å². The molecule has 0 amide bonds. The highest BCUT2D eigenvalue weighted by Gasteiger charge is 2.18. The van der Waals surface area contributed by atoms with Gasteiger partial charge in [-0.2, -0.15) is 4.75 Å². The van der Waals surface area contributed by atoms with Gasteiger partial charge in [0.1, 0.15) is 8.51 Å². The molecular weight excluding hydrogens is 193 g/mol. The van der Waals surface area contributed by atoms with E-state index in [0.29, 0.717) is 0 Å². The van der Waals surface area contributed by atoms with Crippen molar-refractivity contribution in [1.29, 1.82) is 0 Å². The van der Waals surface area contributed by atoms with Gasteiger partial charge in [0.05, 0.1) is 0 Å². The first kappa shape index (κ1) is 9.23. The third-order valence-corrected chi connectivity index (χ3v) is 5.76. The Labute approximate surface area is 73.9 Å². The van der Waals surface area contributed by atoms with Crippen molar-refractivity contribution >= 4 is 28.5 Å². The van der Waals surface area contributed by atoms with Crippen molar-refractivity contribution in [3.05, 3.63) is 0 Å². The molecule has 0 saturated carbocycles. The molecule has 1 aromatic heterocycles. The summed E-state index contributed by atoms with van der Waals surface area (Å²) in [5.74, 6) is 0. The van der Waals surface area contributed by atoms with E-state index in [9.17, 15) is 0 Å². The molecule has 1 heterocycles. The number of rotatable bonds is 2. The van der Waals surface area contributed by atoms with E-state index in [1.165, 1.54) is 0 Å². The van der Waals surface area contributed by atoms with Gasteiger partial charge >= 0.3 is 0 Å². The van der Waals surface area contributed by atoms with Crippen molar-refractivity contribution in [2.45, 2.75) is 24.8 Å². The van der Waals surface area contributed by atoms with E-state index in [0.717, 1.165) is 13.7 Å². The number of hydrogen-bond donors (Lipinski definition) is 0. The van der Waals surface area contributed by atoms with Crippen LogP contribution < -0.4 is 0 Å². The van der Waals surface area contributed by atoms with Crippen molar-refractivity contribution < 1.29 is 0 Å². The standard InChI is InChI=1S/C5H12N3PSSi/c1-10-5-6-8(9-7-5)11(2,3)4/h1-4H3. The van der Waals surface area contributed by atoms with E-state index >= 15 is 0 Å². The van der Waals surface area contributed by atoms with Crippen molar-refractivity contribution in [3.63, 3.8) is 0 Å². The highest BCUT2D eigenvalue weighted by molar-refractivity contribution is 7.98. The Kier molecular flexibility index (Phi) is 2.73. The van der Waals surface area contributed by atoms with E-state index in [-0.39, 0.29) is 0 Å². The van der Waals surface area contributed by atoms with Crippen molar-refractivity contribution in [2.75, 3.05) is 6.26 Å². The Morgan fingerprint density at radius 2 is 2.09 bits per heavy atom. The largest absolute Gasteiger partial charge is 0.261 e. The van der Waals surface area contributed by atoms with Crippen LogP contribution in [0.4, 0.5) is 0 Å². The van der Waals surface area contributed by atoms with Crippen LogP contribution in [0.2, 0.25) is 19.6 Å². The molecular formula is C5H12N3PSSi. The first-order valence-corrected chi connectivity index (χ1v) is 8.86. The lowest BCUT2D eigenvalue weighted by atomic mass is 11.4. The second-order valence-electron chi connectivity index (χ2n) is 3.24. The third kappa shape index (κ3) is 2.29. The Morgan fingerprint density at radius 1 is 1.45 bits per heavy atom. The number of thioether (sulfide) groups is 1. The van der Waals surface area contributed by atoms with Gasteiger partial charge in [0, 0.05) is 0 Å². The maximum atomic E-state index is 4.37. The minimum atomic E-state index is -1.26. The molecule has 1 aromatic rings.